The van der Waals surface area contributed by atoms with Gasteiger partial charge in [0.25, 0.3) is 5.56 Å². The van der Waals surface area contributed by atoms with E-state index >= 15 is 0 Å². The summed E-state index contributed by atoms with van der Waals surface area (Å²) >= 11 is 13.0. The molecule has 2 saturated heterocycles. The van der Waals surface area contributed by atoms with Gasteiger partial charge in [-0.05, 0) is 31.4 Å². The Kier molecular flexibility index (Phi) is 15.3. The van der Waals surface area contributed by atoms with E-state index in [1.165, 1.54) is 50.7 Å². The number of carbonyl (C=O) groups excluding carboxylic acids is 6. The third-order valence-electron chi connectivity index (χ3n) is 8.41. The van der Waals surface area contributed by atoms with Crippen molar-refractivity contribution >= 4 is 116 Å². The molecule has 336 valence electrons. The normalized spacial score (nSPS) is 22.9. The third kappa shape index (κ3) is 10.8. The lowest BCUT2D eigenvalue weighted by Gasteiger charge is -2.23. The van der Waals surface area contributed by atoms with Crippen molar-refractivity contribution in [2.45, 2.75) is 97.5 Å². The van der Waals surface area contributed by atoms with E-state index in [0.717, 1.165) is 22.7 Å². The number of nitrogens with zero attached hydrogens (tertiary/aromatic N) is 5. The molecule has 2 aliphatic rings. The fraction of sp³-hybridized carbons (Fsp3) is 0.529. The van der Waals surface area contributed by atoms with Crippen molar-refractivity contribution in [1.82, 2.24) is 29.1 Å². The molecule has 2 fully saturated rings. The monoisotopic (exact) mass is 944 g/mol. The highest BCUT2D eigenvalue weighted by Crippen LogP contribution is 2.41. The van der Waals surface area contributed by atoms with Crippen LogP contribution in [0.1, 0.15) is 60.9 Å². The molecule has 5 N–H and O–H groups in total. The van der Waals surface area contributed by atoms with Crippen LogP contribution < -0.4 is 21.8 Å². The molecule has 0 spiro atoms. The second-order valence-electron chi connectivity index (χ2n) is 13.1. The minimum Gasteiger partial charge on any atom is -0.477 e. The largest absolute Gasteiger partial charge is 0.477 e. The van der Waals surface area contributed by atoms with Crippen LogP contribution in [0.5, 0.6) is 5.88 Å². The number of nitrogens with one attached hydrogen (secondary N) is 1. The summed E-state index contributed by atoms with van der Waals surface area (Å²) in [4.78, 5) is 96.6. The van der Waals surface area contributed by atoms with Crippen LogP contribution in [-0.4, -0.2) is 121 Å². The maximum Gasteiger partial charge on any atom is 0.303 e. The number of nitrogen functional groups attached to an aromatic ring is 2. The van der Waals surface area contributed by atoms with Crippen LogP contribution in [0.25, 0.3) is 20.7 Å². The first kappa shape index (κ1) is 47.4. The molecule has 8 atom stereocenters. The predicted molar refractivity (Wildman–Crippen MR) is 219 cm³/mol. The first-order chi connectivity index (χ1) is 29.2. The van der Waals surface area contributed by atoms with Crippen LogP contribution in [-0.2, 0) is 66.7 Å². The van der Waals surface area contributed by atoms with Crippen molar-refractivity contribution in [1.29, 1.82) is 0 Å². The van der Waals surface area contributed by atoms with Gasteiger partial charge in [-0.1, -0.05) is 22.7 Å². The number of fused-ring (bicyclic) bond motifs is 2. The standard InChI is InChI=1S/C18H22N4O8S2.C16H18N4O8S2/c1-5-26-15-13-14(20-17(19)21-15)22(18(31)32-13)16-12(29-9(4)25)11(28-8(3)24)10(30-16)6-27-7(2)23;1-5(21)25-4-8-9(26-6(2)22)10(27-7(3)23)14(28-8)20-12-11(30-16(20)29)13(24)19-15(17)18-12/h10-12,16H,5-6H2,1-4H3,(H2,19,20,21);8-10,14H,4H2,1-3H3,(H3,17,18,19,24)/t10-,11-,12-,16-;8-,9-,10-,14-/m11/s1. The number of hydrogen-bond donors (Lipinski definition) is 3. The van der Waals surface area contributed by atoms with Crippen LogP contribution in [0.3, 0.4) is 0 Å². The summed E-state index contributed by atoms with van der Waals surface area (Å²) in [5, 5.41) is 0. The summed E-state index contributed by atoms with van der Waals surface area (Å²) in [5.74, 6) is -3.69. The van der Waals surface area contributed by atoms with Gasteiger partial charge in [0.2, 0.25) is 17.8 Å². The molecule has 0 amide bonds. The fourth-order valence-corrected chi connectivity index (χ4v) is 8.95. The van der Waals surface area contributed by atoms with E-state index < -0.39 is 90.5 Å². The zero-order valence-corrected chi connectivity index (χ0v) is 37.1. The number of aromatic amines is 1. The summed E-state index contributed by atoms with van der Waals surface area (Å²) in [6, 6.07) is 0. The fourth-order valence-electron chi connectivity index (χ4n) is 6.34. The van der Waals surface area contributed by atoms with Crippen molar-refractivity contribution < 1.29 is 71.4 Å². The van der Waals surface area contributed by atoms with Gasteiger partial charge < -0.3 is 54.1 Å². The van der Waals surface area contributed by atoms with E-state index in [9.17, 15) is 33.6 Å². The van der Waals surface area contributed by atoms with Gasteiger partial charge >= 0.3 is 35.8 Å². The summed E-state index contributed by atoms with van der Waals surface area (Å²) < 4.78 is 53.1. The number of carbonyl (C=O) groups is 6. The quantitative estimate of drug-likeness (QED) is 0.104. The molecule has 2 aliphatic heterocycles. The first-order valence-corrected chi connectivity index (χ1v) is 20.6. The van der Waals surface area contributed by atoms with E-state index in [2.05, 4.69) is 19.9 Å². The Morgan fingerprint density at radius 2 is 1.08 bits per heavy atom. The molecule has 4 aromatic rings. The number of ether oxygens (including phenoxy) is 9. The second kappa shape index (κ2) is 20.0. The van der Waals surface area contributed by atoms with Crippen LogP contribution in [0.4, 0.5) is 11.9 Å². The molecule has 28 heteroatoms. The summed E-state index contributed by atoms with van der Waals surface area (Å²) in [6.45, 7) is 8.82. The number of esters is 6. The Morgan fingerprint density at radius 3 is 1.50 bits per heavy atom. The molecular formula is C34H40N8O16S4. The van der Waals surface area contributed by atoms with E-state index in [1.54, 1.807) is 6.92 Å². The smallest absolute Gasteiger partial charge is 0.303 e. The highest BCUT2D eigenvalue weighted by molar-refractivity contribution is 7.74. The van der Waals surface area contributed by atoms with Crippen molar-refractivity contribution in [2.24, 2.45) is 0 Å². The molecule has 0 unspecified atom stereocenters. The molecule has 0 aromatic carbocycles. The van der Waals surface area contributed by atoms with Crippen LogP contribution in [0.15, 0.2) is 4.79 Å². The highest BCUT2D eigenvalue weighted by atomic mass is 32.2. The Labute approximate surface area is 367 Å². The average Bonchev–Trinajstić information content (AvgIpc) is 3.86. The molecule has 62 heavy (non-hydrogen) atoms. The lowest BCUT2D eigenvalue weighted by Crippen LogP contribution is -2.40. The summed E-state index contributed by atoms with van der Waals surface area (Å²) in [5.41, 5.74) is 11.4. The zero-order chi connectivity index (χ0) is 45.7. The van der Waals surface area contributed by atoms with E-state index in [4.69, 9.17) is 78.5 Å². The van der Waals surface area contributed by atoms with E-state index in [0.29, 0.717) is 20.9 Å². The number of hydrogen-bond acceptors (Lipinski definition) is 25. The second-order valence-corrected chi connectivity index (χ2v) is 16.4. The van der Waals surface area contributed by atoms with Gasteiger partial charge in [0.1, 0.15) is 34.8 Å². The van der Waals surface area contributed by atoms with E-state index in [1.807, 2.05) is 0 Å². The van der Waals surface area contributed by atoms with Crippen LogP contribution in [0.2, 0.25) is 0 Å². The molecule has 0 aliphatic carbocycles. The lowest BCUT2D eigenvalue weighted by molar-refractivity contribution is -0.166. The maximum absolute atomic E-state index is 12.2. The number of aromatic nitrogens is 6. The van der Waals surface area contributed by atoms with Crippen molar-refractivity contribution in [2.75, 3.05) is 31.3 Å². The Balaban J connectivity index is 0.000000235. The van der Waals surface area contributed by atoms with Gasteiger partial charge in [0.15, 0.2) is 56.1 Å². The van der Waals surface area contributed by atoms with Gasteiger partial charge in [0.05, 0.1) is 6.61 Å². The predicted octanol–water partition coefficient (Wildman–Crippen LogP) is 1.95. The Hall–Kier alpha value is -5.68. The van der Waals surface area contributed by atoms with Gasteiger partial charge in [-0.25, -0.2) is 0 Å². The lowest BCUT2D eigenvalue weighted by atomic mass is 10.1. The molecule has 6 rings (SSSR count). The first-order valence-electron chi connectivity index (χ1n) is 18.2. The highest BCUT2D eigenvalue weighted by Gasteiger charge is 2.52. The number of H-pyrrole nitrogens is 1. The Bertz CT molecular complexity index is 2570. The number of thiazole rings is 2. The summed E-state index contributed by atoms with van der Waals surface area (Å²) in [7, 11) is 0. The van der Waals surface area contributed by atoms with Crippen molar-refractivity contribution in [3.8, 4) is 5.88 Å². The number of rotatable bonds is 12. The Morgan fingerprint density at radius 1 is 0.661 bits per heavy atom. The SMILES string of the molecule is CC(=O)OC[C@H]1O[C@@H](n2c(=S)sc3c(=O)[nH]c(N)nc32)[C@H](OC(C)=O)[C@@H]1OC(C)=O.CCOc1nc(N)nc2c1sc(=S)n2[C@@H]1O[C@H](COC(C)=O)[C@@H](OC(C)=O)[C@H]1OC(C)=O. The van der Waals surface area contributed by atoms with Gasteiger partial charge in [0, 0.05) is 41.5 Å². The molecule has 0 saturated carbocycles. The van der Waals surface area contributed by atoms with Crippen molar-refractivity contribution in [3.63, 3.8) is 0 Å². The van der Waals surface area contributed by atoms with Gasteiger partial charge in [-0.3, -0.25) is 47.7 Å². The molecule has 0 bridgehead atoms. The van der Waals surface area contributed by atoms with Crippen LogP contribution >= 0.6 is 47.1 Å². The molecule has 0 radical (unpaired) electrons. The molecular weight excluding hydrogens is 905 g/mol. The van der Waals surface area contributed by atoms with Crippen molar-refractivity contribution in [3.05, 3.63) is 18.3 Å². The molecule has 4 aromatic heterocycles. The maximum atomic E-state index is 12.2. The minimum absolute atomic E-state index is 0.0578. The van der Waals surface area contributed by atoms with Gasteiger partial charge in [-0.2, -0.15) is 15.0 Å². The summed E-state index contributed by atoms with van der Waals surface area (Å²) in [6.07, 6.45) is -8.49. The van der Waals surface area contributed by atoms with Crippen LogP contribution in [0, 0.1) is 7.91 Å². The number of nitrogens with two attached hydrogens (primary N) is 2. The zero-order valence-electron chi connectivity index (χ0n) is 33.8. The molecule has 24 nitrogen and oxygen atoms in total. The van der Waals surface area contributed by atoms with E-state index in [-0.39, 0.29) is 45.3 Å². The molecule has 6 heterocycles. The number of anilines is 2. The topological polar surface area (TPSA) is 319 Å². The van der Waals surface area contributed by atoms with Gasteiger partial charge in [-0.15, -0.1) is 0 Å². The third-order valence-corrected chi connectivity index (χ3v) is 11.2. The average molecular weight is 945 g/mol. The minimum atomic E-state index is -1.15.